The van der Waals surface area contributed by atoms with Gasteiger partial charge in [-0.3, -0.25) is 4.90 Å². The second-order valence-corrected chi connectivity index (χ2v) is 4.25. The van der Waals surface area contributed by atoms with Gasteiger partial charge in [-0.25, -0.2) is 0 Å². The molecule has 2 N–H and O–H groups in total. The summed E-state index contributed by atoms with van der Waals surface area (Å²) in [5.41, 5.74) is 0. The number of rotatable bonds is 9. The van der Waals surface area contributed by atoms with Crippen LogP contribution in [0.3, 0.4) is 0 Å². The van der Waals surface area contributed by atoms with Crippen LogP contribution in [0, 0.1) is 0 Å². The summed E-state index contributed by atoms with van der Waals surface area (Å²) in [5.74, 6) is 0. The van der Waals surface area contributed by atoms with Crippen molar-refractivity contribution in [1.29, 1.82) is 0 Å². The summed E-state index contributed by atoms with van der Waals surface area (Å²) in [6, 6.07) is 1.29. The molecule has 1 fully saturated rings. The summed E-state index contributed by atoms with van der Waals surface area (Å²) in [6.07, 6.45) is 5.69. The van der Waals surface area contributed by atoms with Gasteiger partial charge in [0.2, 0.25) is 0 Å². The largest absolute Gasteiger partial charge is 0.395 e. The zero-order valence-electron chi connectivity index (χ0n) is 9.78. The molecule has 1 rings (SSSR count). The van der Waals surface area contributed by atoms with Crippen LogP contribution in [0.5, 0.6) is 0 Å². The van der Waals surface area contributed by atoms with Gasteiger partial charge in [0.05, 0.1) is 6.61 Å². The van der Waals surface area contributed by atoms with Crippen molar-refractivity contribution in [3.05, 3.63) is 12.7 Å². The van der Waals surface area contributed by atoms with E-state index in [0.717, 1.165) is 32.1 Å². The lowest BCUT2D eigenvalue weighted by Crippen LogP contribution is -2.44. The Morgan fingerprint density at radius 2 is 2.33 bits per heavy atom. The van der Waals surface area contributed by atoms with Crippen LogP contribution in [-0.4, -0.2) is 48.3 Å². The third-order valence-corrected chi connectivity index (χ3v) is 2.96. The fraction of sp³-hybridized carbons (Fsp3) is 0.833. The number of aliphatic hydroxyl groups is 1. The monoisotopic (exact) mass is 212 g/mol. The molecule has 0 aromatic heterocycles. The van der Waals surface area contributed by atoms with E-state index in [1.54, 1.807) is 0 Å². The normalized spacial score (nSPS) is 18.1. The molecule has 0 aromatic rings. The molecule has 3 nitrogen and oxygen atoms in total. The van der Waals surface area contributed by atoms with Gasteiger partial charge in [0, 0.05) is 31.7 Å². The molecule has 1 aliphatic rings. The maximum atomic E-state index is 9.00. The van der Waals surface area contributed by atoms with E-state index < -0.39 is 0 Å². The lowest BCUT2D eigenvalue weighted by Gasteiger charge is -2.29. The quantitative estimate of drug-likeness (QED) is 0.560. The Balaban J connectivity index is 2.31. The fourth-order valence-corrected chi connectivity index (χ4v) is 1.84. The molecule has 1 saturated carbocycles. The van der Waals surface area contributed by atoms with Crippen LogP contribution in [0.4, 0.5) is 0 Å². The van der Waals surface area contributed by atoms with Crippen LogP contribution in [0.1, 0.15) is 26.2 Å². The molecule has 0 heterocycles. The Bertz CT molecular complexity index is 180. The minimum absolute atomic E-state index is 0.230. The lowest BCUT2D eigenvalue weighted by atomic mass is 10.2. The molecule has 15 heavy (non-hydrogen) atoms. The predicted molar refractivity (Wildman–Crippen MR) is 64.0 cm³/mol. The average Bonchev–Trinajstić information content (AvgIpc) is 3.03. The first kappa shape index (κ1) is 12.7. The van der Waals surface area contributed by atoms with Crippen LogP contribution in [0.25, 0.3) is 0 Å². The van der Waals surface area contributed by atoms with Crippen LogP contribution in [0.2, 0.25) is 0 Å². The molecule has 88 valence electrons. The number of hydrogen-bond acceptors (Lipinski definition) is 3. The van der Waals surface area contributed by atoms with Crippen molar-refractivity contribution >= 4 is 0 Å². The van der Waals surface area contributed by atoms with Crippen molar-refractivity contribution in [3.63, 3.8) is 0 Å². The van der Waals surface area contributed by atoms with Gasteiger partial charge >= 0.3 is 0 Å². The number of hydrogen-bond donors (Lipinski definition) is 2. The Kier molecular flexibility index (Phi) is 5.91. The minimum atomic E-state index is 0.230. The molecule has 0 spiro atoms. The van der Waals surface area contributed by atoms with Gasteiger partial charge in [0.25, 0.3) is 0 Å². The van der Waals surface area contributed by atoms with Crippen molar-refractivity contribution in [3.8, 4) is 0 Å². The maximum absolute atomic E-state index is 9.00. The van der Waals surface area contributed by atoms with E-state index in [9.17, 15) is 0 Å². The van der Waals surface area contributed by atoms with E-state index in [-0.39, 0.29) is 6.61 Å². The van der Waals surface area contributed by atoms with E-state index >= 15 is 0 Å². The second-order valence-electron chi connectivity index (χ2n) is 4.25. The summed E-state index contributed by atoms with van der Waals surface area (Å²) in [5, 5.41) is 12.5. The molecular formula is C12H24N2O. The van der Waals surface area contributed by atoms with Crippen molar-refractivity contribution < 1.29 is 5.11 Å². The van der Waals surface area contributed by atoms with E-state index in [1.807, 2.05) is 6.08 Å². The first-order valence-electron chi connectivity index (χ1n) is 6.01. The molecule has 0 amide bonds. The average molecular weight is 212 g/mol. The summed E-state index contributed by atoms with van der Waals surface area (Å²) in [7, 11) is 0. The number of aliphatic hydroxyl groups excluding tert-OH is 1. The molecule has 1 atom stereocenters. The van der Waals surface area contributed by atoms with Crippen molar-refractivity contribution in [2.24, 2.45) is 0 Å². The highest BCUT2D eigenvalue weighted by Crippen LogP contribution is 2.19. The van der Waals surface area contributed by atoms with E-state index in [0.29, 0.717) is 6.04 Å². The van der Waals surface area contributed by atoms with Crippen LogP contribution in [-0.2, 0) is 0 Å². The molecular weight excluding hydrogens is 188 g/mol. The second kappa shape index (κ2) is 6.99. The zero-order chi connectivity index (χ0) is 11.1. The van der Waals surface area contributed by atoms with E-state index in [4.69, 9.17) is 5.11 Å². The van der Waals surface area contributed by atoms with Gasteiger partial charge in [0.1, 0.15) is 0 Å². The predicted octanol–water partition coefficient (Wildman–Crippen LogP) is 0.997. The molecule has 1 unspecified atom stereocenters. The summed E-state index contributed by atoms with van der Waals surface area (Å²) in [4.78, 5) is 2.29. The Labute approximate surface area is 93.2 Å². The standard InChI is InChI=1S/C12H24N2O/c1-3-7-14(8-9-15)12(4-2)10-13-11-5-6-11/h3,11-13,15H,1,4-10H2,2H3. The van der Waals surface area contributed by atoms with Gasteiger partial charge in [-0.2, -0.15) is 0 Å². The van der Waals surface area contributed by atoms with Crippen molar-refractivity contribution in [1.82, 2.24) is 10.2 Å². The summed E-state index contributed by atoms with van der Waals surface area (Å²) >= 11 is 0. The van der Waals surface area contributed by atoms with Crippen LogP contribution in [0.15, 0.2) is 12.7 Å². The Hall–Kier alpha value is -0.380. The number of nitrogens with zero attached hydrogens (tertiary/aromatic N) is 1. The van der Waals surface area contributed by atoms with Crippen molar-refractivity contribution in [2.45, 2.75) is 38.3 Å². The van der Waals surface area contributed by atoms with Gasteiger partial charge in [-0.05, 0) is 19.3 Å². The first-order chi connectivity index (χ1) is 7.31. The van der Waals surface area contributed by atoms with Gasteiger partial charge in [-0.15, -0.1) is 6.58 Å². The molecule has 0 aromatic carbocycles. The SMILES string of the molecule is C=CCN(CCO)C(CC)CNC1CC1. The summed E-state index contributed by atoms with van der Waals surface area (Å²) < 4.78 is 0. The Morgan fingerprint density at radius 1 is 1.60 bits per heavy atom. The molecule has 0 bridgehead atoms. The van der Waals surface area contributed by atoms with Crippen LogP contribution >= 0.6 is 0 Å². The first-order valence-corrected chi connectivity index (χ1v) is 6.01. The van der Waals surface area contributed by atoms with Gasteiger partial charge in [-0.1, -0.05) is 13.0 Å². The Morgan fingerprint density at radius 3 is 2.80 bits per heavy atom. The fourth-order valence-electron chi connectivity index (χ4n) is 1.84. The smallest absolute Gasteiger partial charge is 0.0558 e. The molecule has 1 aliphatic carbocycles. The van der Waals surface area contributed by atoms with Gasteiger partial charge in [0.15, 0.2) is 0 Å². The lowest BCUT2D eigenvalue weighted by molar-refractivity contribution is 0.158. The van der Waals surface area contributed by atoms with Gasteiger partial charge < -0.3 is 10.4 Å². The third-order valence-electron chi connectivity index (χ3n) is 2.96. The third kappa shape index (κ3) is 4.78. The van der Waals surface area contributed by atoms with Crippen LogP contribution < -0.4 is 5.32 Å². The van der Waals surface area contributed by atoms with Crippen molar-refractivity contribution in [2.75, 3.05) is 26.2 Å². The molecule has 3 heteroatoms. The highest BCUT2D eigenvalue weighted by atomic mass is 16.3. The number of nitrogens with one attached hydrogen (secondary N) is 1. The van der Waals surface area contributed by atoms with E-state index in [1.165, 1.54) is 12.8 Å². The van der Waals surface area contributed by atoms with E-state index in [2.05, 4.69) is 23.7 Å². The maximum Gasteiger partial charge on any atom is 0.0558 e. The highest BCUT2D eigenvalue weighted by Gasteiger charge is 2.23. The topological polar surface area (TPSA) is 35.5 Å². The molecule has 0 aliphatic heterocycles. The molecule has 0 radical (unpaired) electrons. The molecule has 0 saturated heterocycles. The minimum Gasteiger partial charge on any atom is -0.395 e. The summed E-state index contributed by atoms with van der Waals surface area (Å²) in [6.45, 7) is 8.84. The zero-order valence-corrected chi connectivity index (χ0v) is 9.78. The highest BCUT2D eigenvalue weighted by molar-refractivity contribution is 4.85.